The minimum Gasteiger partial charge on any atom is -0.370 e. The van der Waals surface area contributed by atoms with Gasteiger partial charge < -0.3 is 4.74 Å². The van der Waals surface area contributed by atoms with Gasteiger partial charge in [0.2, 0.25) is 0 Å². The molecule has 0 spiro atoms. The number of benzene rings is 1. The second kappa shape index (κ2) is 7.04. The van der Waals surface area contributed by atoms with E-state index in [4.69, 9.17) is 9.72 Å². The maximum atomic E-state index is 13.1. The molecule has 0 saturated heterocycles. The number of hydrogen-bond donors (Lipinski definition) is 0. The molecule has 0 N–H and O–H groups in total. The molecule has 0 fully saturated rings. The van der Waals surface area contributed by atoms with E-state index in [9.17, 15) is 4.79 Å². The molecule has 6 heteroatoms. The highest BCUT2D eigenvalue weighted by Crippen LogP contribution is 2.35. The van der Waals surface area contributed by atoms with E-state index in [2.05, 4.69) is 37.0 Å². The Hall–Kier alpha value is -2.57. The van der Waals surface area contributed by atoms with Crippen LogP contribution in [-0.2, 0) is 30.7 Å². The molecule has 0 bridgehead atoms. The maximum Gasteiger partial charge on any atom is 0.271 e. The molecule has 29 heavy (non-hydrogen) atoms. The van der Waals surface area contributed by atoms with Gasteiger partial charge in [-0.05, 0) is 31.4 Å². The highest BCUT2D eigenvalue weighted by atomic mass is 32.1. The molecule has 0 saturated carbocycles. The predicted octanol–water partition coefficient (Wildman–Crippen LogP) is 4.49. The van der Waals surface area contributed by atoms with E-state index in [1.165, 1.54) is 16.9 Å². The summed E-state index contributed by atoms with van der Waals surface area (Å²) in [4.78, 5) is 23.5. The molecule has 1 unspecified atom stereocenters. The second-order valence-corrected chi connectivity index (χ2v) is 8.97. The first kappa shape index (κ1) is 18.5. The second-order valence-electron chi connectivity index (χ2n) is 7.97. The third-order valence-corrected chi connectivity index (χ3v) is 7.03. The quantitative estimate of drug-likeness (QED) is 0.502. The zero-order valence-electron chi connectivity index (χ0n) is 16.6. The lowest BCUT2D eigenvalue weighted by Crippen LogP contribution is -2.35. The van der Waals surface area contributed by atoms with Crippen LogP contribution in [0, 0.1) is 0 Å². The van der Waals surface area contributed by atoms with Gasteiger partial charge in [0.25, 0.3) is 5.56 Å². The van der Waals surface area contributed by atoms with Crippen LogP contribution in [-0.4, -0.2) is 20.1 Å². The summed E-state index contributed by atoms with van der Waals surface area (Å²) in [6.07, 6.45) is 4.23. The molecule has 4 heterocycles. The Morgan fingerprint density at radius 2 is 2.10 bits per heavy atom. The van der Waals surface area contributed by atoms with Gasteiger partial charge in [0.1, 0.15) is 9.53 Å². The third kappa shape index (κ3) is 3.26. The number of hydrogen-bond acceptors (Lipinski definition) is 5. The molecular formula is C23H23N3O2S. The van der Waals surface area contributed by atoms with Crippen molar-refractivity contribution in [3.8, 4) is 0 Å². The van der Waals surface area contributed by atoms with Crippen LogP contribution in [0.2, 0.25) is 0 Å². The van der Waals surface area contributed by atoms with Crippen molar-refractivity contribution in [2.45, 2.75) is 51.9 Å². The largest absolute Gasteiger partial charge is 0.370 e. The van der Waals surface area contributed by atoms with E-state index in [0.29, 0.717) is 17.9 Å². The fraction of sp³-hybridized carbons (Fsp3) is 0.348. The zero-order chi connectivity index (χ0) is 20.0. The van der Waals surface area contributed by atoms with Gasteiger partial charge in [-0.3, -0.25) is 9.36 Å². The summed E-state index contributed by atoms with van der Waals surface area (Å²) in [7, 11) is 0. The Balaban J connectivity index is 1.54. The van der Waals surface area contributed by atoms with Gasteiger partial charge in [-0.15, -0.1) is 11.3 Å². The van der Waals surface area contributed by atoms with E-state index >= 15 is 0 Å². The number of aromatic nitrogens is 3. The van der Waals surface area contributed by atoms with Gasteiger partial charge in [-0.2, -0.15) is 0 Å². The molecular weight excluding hydrogens is 382 g/mol. The predicted molar refractivity (Wildman–Crippen MR) is 117 cm³/mol. The Kier molecular flexibility index (Phi) is 4.48. The average molecular weight is 406 g/mol. The van der Waals surface area contributed by atoms with Gasteiger partial charge in [-0.25, -0.2) is 9.97 Å². The SMILES string of the molecule is CCC1(C)Cc2nc3sc4c(=O)n(CCc5ccccc5)cnc4c3cc2CO1. The van der Waals surface area contributed by atoms with Crippen molar-refractivity contribution in [3.63, 3.8) is 0 Å². The molecule has 1 atom stereocenters. The van der Waals surface area contributed by atoms with Crippen molar-refractivity contribution < 1.29 is 4.74 Å². The number of ether oxygens (including phenoxy) is 1. The molecule has 0 amide bonds. The number of fused-ring (bicyclic) bond motifs is 4. The Morgan fingerprint density at radius 1 is 1.28 bits per heavy atom. The van der Waals surface area contributed by atoms with E-state index in [1.807, 2.05) is 18.2 Å². The lowest BCUT2D eigenvalue weighted by atomic mass is 9.91. The fourth-order valence-electron chi connectivity index (χ4n) is 3.89. The topological polar surface area (TPSA) is 57.0 Å². The summed E-state index contributed by atoms with van der Waals surface area (Å²) in [6, 6.07) is 12.3. The summed E-state index contributed by atoms with van der Waals surface area (Å²) in [5.74, 6) is 0. The van der Waals surface area contributed by atoms with Crippen molar-refractivity contribution in [1.82, 2.24) is 14.5 Å². The first-order valence-electron chi connectivity index (χ1n) is 10.0. The van der Waals surface area contributed by atoms with E-state index in [0.717, 1.165) is 46.3 Å². The lowest BCUT2D eigenvalue weighted by Gasteiger charge is -2.33. The Labute approximate surface area is 173 Å². The smallest absolute Gasteiger partial charge is 0.271 e. The average Bonchev–Trinajstić information content (AvgIpc) is 3.11. The van der Waals surface area contributed by atoms with E-state index < -0.39 is 0 Å². The van der Waals surface area contributed by atoms with Crippen LogP contribution in [0.3, 0.4) is 0 Å². The van der Waals surface area contributed by atoms with Gasteiger partial charge in [0.15, 0.2) is 0 Å². The summed E-state index contributed by atoms with van der Waals surface area (Å²) >= 11 is 1.46. The molecule has 1 aliphatic heterocycles. The van der Waals surface area contributed by atoms with Gasteiger partial charge in [0.05, 0.1) is 29.7 Å². The van der Waals surface area contributed by atoms with Crippen LogP contribution in [0.1, 0.15) is 37.1 Å². The summed E-state index contributed by atoms with van der Waals surface area (Å²) < 4.78 is 8.47. The van der Waals surface area contributed by atoms with E-state index in [1.54, 1.807) is 10.9 Å². The monoisotopic (exact) mass is 405 g/mol. The summed E-state index contributed by atoms with van der Waals surface area (Å²) in [6.45, 7) is 5.46. The van der Waals surface area contributed by atoms with Crippen LogP contribution >= 0.6 is 11.3 Å². The van der Waals surface area contributed by atoms with Crippen molar-refractivity contribution in [2.24, 2.45) is 0 Å². The summed E-state index contributed by atoms with van der Waals surface area (Å²) in [5.41, 5.74) is 4.02. The Bertz CT molecular complexity index is 1260. The zero-order valence-corrected chi connectivity index (χ0v) is 17.5. The first-order chi connectivity index (χ1) is 14.1. The Morgan fingerprint density at radius 3 is 2.90 bits per heavy atom. The van der Waals surface area contributed by atoms with Gasteiger partial charge in [0, 0.05) is 23.9 Å². The molecule has 148 valence electrons. The van der Waals surface area contributed by atoms with Crippen LogP contribution in [0.25, 0.3) is 20.4 Å². The van der Waals surface area contributed by atoms with Gasteiger partial charge in [-0.1, -0.05) is 37.3 Å². The third-order valence-electron chi connectivity index (χ3n) is 5.96. The minimum absolute atomic E-state index is 0.0153. The van der Waals surface area contributed by atoms with Gasteiger partial charge >= 0.3 is 0 Å². The molecule has 4 aromatic rings. The highest BCUT2D eigenvalue weighted by Gasteiger charge is 2.30. The number of thiophene rings is 1. The van der Waals surface area contributed by atoms with Crippen LogP contribution in [0.15, 0.2) is 47.5 Å². The van der Waals surface area contributed by atoms with Crippen LogP contribution in [0.5, 0.6) is 0 Å². The molecule has 1 aromatic carbocycles. The van der Waals surface area contributed by atoms with Crippen molar-refractivity contribution >= 4 is 31.8 Å². The molecule has 5 nitrogen and oxygen atoms in total. The normalized spacial score (nSPS) is 19.0. The van der Waals surface area contributed by atoms with Crippen molar-refractivity contribution in [2.75, 3.05) is 0 Å². The lowest BCUT2D eigenvalue weighted by molar-refractivity contribution is -0.0573. The number of aryl methyl sites for hydroxylation is 2. The minimum atomic E-state index is -0.160. The standard InChI is InChI=1S/C23H23N3O2S/c1-3-23(2)12-18-16(13-28-23)11-17-19-20(29-21(17)25-18)22(27)26(14-24-19)10-9-15-7-5-4-6-8-15/h4-8,11,14H,3,9-10,12-13H2,1-2H3. The van der Waals surface area contributed by atoms with Crippen LogP contribution < -0.4 is 5.56 Å². The molecule has 1 aliphatic rings. The molecule has 0 radical (unpaired) electrons. The summed E-state index contributed by atoms with van der Waals surface area (Å²) in [5, 5.41) is 0.958. The maximum absolute atomic E-state index is 13.1. The number of rotatable bonds is 4. The fourth-order valence-corrected chi connectivity index (χ4v) is 4.97. The van der Waals surface area contributed by atoms with Crippen molar-refractivity contribution in [3.05, 3.63) is 69.9 Å². The molecule has 0 aliphatic carbocycles. The first-order valence-corrected chi connectivity index (χ1v) is 10.9. The van der Waals surface area contributed by atoms with Crippen molar-refractivity contribution in [1.29, 1.82) is 0 Å². The number of nitrogens with zero attached hydrogens (tertiary/aromatic N) is 3. The van der Waals surface area contributed by atoms with Crippen LogP contribution in [0.4, 0.5) is 0 Å². The highest BCUT2D eigenvalue weighted by molar-refractivity contribution is 7.25. The van der Waals surface area contributed by atoms with E-state index in [-0.39, 0.29) is 11.2 Å². The molecule has 3 aromatic heterocycles. The molecule has 5 rings (SSSR count). The number of pyridine rings is 1.